The van der Waals surface area contributed by atoms with E-state index in [0.29, 0.717) is 0 Å². The monoisotopic (exact) mass is 512 g/mol. The van der Waals surface area contributed by atoms with Crippen LogP contribution in [0.25, 0.3) is 10.9 Å². The van der Waals surface area contributed by atoms with Crippen molar-refractivity contribution in [3.05, 3.63) is 36.5 Å². The average molecular weight is 512 g/mol. The highest BCUT2D eigenvalue weighted by atomic mass is 127. The summed E-state index contributed by atoms with van der Waals surface area (Å²) in [7, 11) is 0. The molecule has 1 aliphatic heterocycles. The molecule has 1 aromatic heterocycles. The lowest BCUT2D eigenvalue weighted by atomic mass is 10.2. The molecule has 1 aromatic carbocycles. The summed E-state index contributed by atoms with van der Waals surface area (Å²) < 4.78 is 2.32. The molecule has 6 nitrogen and oxygen atoms in total. The summed E-state index contributed by atoms with van der Waals surface area (Å²) in [6.45, 7) is 15.0. The molecule has 0 radical (unpaired) electrons. The highest BCUT2D eigenvalue weighted by Crippen LogP contribution is 2.15. The Morgan fingerprint density at radius 2 is 1.72 bits per heavy atom. The number of halogens is 1. The number of hydrogen-bond donors (Lipinski definition) is 2. The second-order valence-electron chi connectivity index (χ2n) is 7.38. The van der Waals surface area contributed by atoms with Crippen LogP contribution in [-0.2, 0) is 6.54 Å². The Bertz CT molecular complexity index is 736. The second-order valence-corrected chi connectivity index (χ2v) is 7.38. The number of hydrogen-bond acceptors (Lipinski definition) is 3. The zero-order valence-electron chi connectivity index (χ0n) is 17.9. The molecule has 0 aliphatic carbocycles. The van der Waals surface area contributed by atoms with Crippen molar-refractivity contribution in [2.45, 2.75) is 26.8 Å². The number of rotatable bonds is 9. The number of aromatic nitrogens is 1. The Hall–Kier alpha value is -1.32. The summed E-state index contributed by atoms with van der Waals surface area (Å²) in [4.78, 5) is 9.81. The molecule has 0 bridgehead atoms. The second kappa shape index (κ2) is 13.1. The first-order valence-corrected chi connectivity index (χ1v) is 10.8. The van der Waals surface area contributed by atoms with Gasteiger partial charge in [0.1, 0.15) is 0 Å². The van der Waals surface area contributed by atoms with Crippen molar-refractivity contribution >= 4 is 40.8 Å². The number of nitrogens with one attached hydrogen (secondary N) is 2. The Labute approximate surface area is 192 Å². The number of aryl methyl sites for hydroxylation is 1. The lowest BCUT2D eigenvalue weighted by Crippen LogP contribution is -2.49. The summed E-state index contributed by atoms with van der Waals surface area (Å²) in [5.74, 6) is 0.937. The largest absolute Gasteiger partial charge is 0.357 e. The number of piperazine rings is 1. The molecule has 0 unspecified atom stereocenters. The van der Waals surface area contributed by atoms with Crippen molar-refractivity contribution in [1.82, 2.24) is 25.0 Å². The molecule has 2 heterocycles. The van der Waals surface area contributed by atoms with E-state index < -0.39 is 0 Å². The standard InChI is InChI=1S/C22H36N6.HI/c1-3-23-22(25-12-15-27-18-16-26(4-2)17-19-27)24-11-7-13-28-14-10-20-8-5-6-9-21(20)28;/h5-6,8-10,14H,3-4,7,11-13,15-19H2,1-2H3,(H2,23,24,25);1H. The van der Waals surface area contributed by atoms with E-state index in [-0.39, 0.29) is 24.0 Å². The molecule has 3 rings (SSSR count). The van der Waals surface area contributed by atoms with Gasteiger partial charge in [0.05, 0.1) is 0 Å². The van der Waals surface area contributed by atoms with Crippen LogP contribution in [0, 0.1) is 0 Å². The lowest BCUT2D eigenvalue weighted by molar-refractivity contribution is 0.139. The maximum absolute atomic E-state index is 4.76. The molecular weight excluding hydrogens is 475 g/mol. The molecule has 0 spiro atoms. The Morgan fingerprint density at radius 1 is 0.966 bits per heavy atom. The molecule has 2 aromatic rings. The zero-order chi connectivity index (χ0) is 19.6. The molecule has 1 aliphatic rings. The number of aliphatic imine (C=N–C) groups is 1. The van der Waals surface area contributed by atoms with Gasteiger partial charge in [0.25, 0.3) is 0 Å². The summed E-state index contributed by atoms with van der Waals surface area (Å²) in [6.07, 6.45) is 3.21. The van der Waals surface area contributed by atoms with Gasteiger partial charge in [-0.15, -0.1) is 24.0 Å². The van der Waals surface area contributed by atoms with Crippen molar-refractivity contribution < 1.29 is 0 Å². The first kappa shape index (κ1) is 24.0. The van der Waals surface area contributed by atoms with Gasteiger partial charge in [0.15, 0.2) is 5.96 Å². The van der Waals surface area contributed by atoms with E-state index in [4.69, 9.17) is 4.99 Å². The van der Waals surface area contributed by atoms with Crippen molar-refractivity contribution in [2.75, 3.05) is 58.9 Å². The first-order chi connectivity index (χ1) is 13.8. The lowest BCUT2D eigenvalue weighted by Gasteiger charge is -2.34. The Kier molecular flexibility index (Phi) is 10.8. The third kappa shape index (κ3) is 7.46. The van der Waals surface area contributed by atoms with Gasteiger partial charge in [0.2, 0.25) is 0 Å². The van der Waals surface area contributed by atoms with E-state index in [1.807, 2.05) is 0 Å². The minimum absolute atomic E-state index is 0. The molecule has 2 N–H and O–H groups in total. The van der Waals surface area contributed by atoms with Gasteiger partial charge >= 0.3 is 0 Å². The SMILES string of the molecule is CCNC(=NCCCn1ccc2ccccc21)NCCN1CCN(CC)CC1.I. The smallest absolute Gasteiger partial charge is 0.191 e. The van der Waals surface area contributed by atoms with Gasteiger partial charge in [-0.05, 0) is 37.4 Å². The molecular formula is C22H37IN6. The molecule has 1 saturated heterocycles. The summed E-state index contributed by atoms with van der Waals surface area (Å²) in [5, 5.41) is 8.16. The molecule has 162 valence electrons. The van der Waals surface area contributed by atoms with Crippen LogP contribution in [0.15, 0.2) is 41.5 Å². The predicted octanol–water partition coefficient (Wildman–Crippen LogP) is 2.84. The van der Waals surface area contributed by atoms with Crippen molar-refractivity contribution in [3.8, 4) is 0 Å². The quantitative estimate of drug-likeness (QED) is 0.235. The Balaban J connectivity index is 0.00000300. The molecule has 1 fully saturated rings. The number of guanidine groups is 1. The summed E-state index contributed by atoms with van der Waals surface area (Å²) in [6, 6.07) is 10.7. The van der Waals surface area contributed by atoms with E-state index in [9.17, 15) is 0 Å². The summed E-state index contributed by atoms with van der Waals surface area (Å²) in [5.41, 5.74) is 1.31. The maximum Gasteiger partial charge on any atom is 0.191 e. The van der Waals surface area contributed by atoms with Gasteiger partial charge in [-0.3, -0.25) is 9.89 Å². The van der Waals surface area contributed by atoms with Gasteiger partial charge < -0.3 is 20.1 Å². The maximum atomic E-state index is 4.76. The number of nitrogens with zero attached hydrogens (tertiary/aromatic N) is 4. The van der Waals surface area contributed by atoms with Crippen LogP contribution in [0.3, 0.4) is 0 Å². The topological polar surface area (TPSA) is 47.8 Å². The minimum Gasteiger partial charge on any atom is -0.357 e. The van der Waals surface area contributed by atoms with Crippen LogP contribution in [0.1, 0.15) is 20.3 Å². The van der Waals surface area contributed by atoms with Crippen LogP contribution in [-0.4, -0.2) is 79.2 Å². The fourth-order valence-corrected chi connectivity index (χ4v) is 3.77. The Morgan fingerprint density at radius 3 is 2.48 bits per heavy atom. The highest BCUT2D eigenvalue weighted by molar-refractivity contribution is 14.0. The fourth-order valence-electron chi connectivity index (χ4n) is 3.77. The van der Waals surface area contributed by atoms with Crippen LogP contribution >= 0.6 is 24.0 Å². The number of benzene rings is 1. The van der Waals surface area contributed by atoms with E-state index in [1.165, 1.54) is 43.6 Å². The van der Waals surface area contributed by atoms with Crippen LogP contribution in [0.2, 0.25) is 0 Å². The summed E-state index contributed by atoms with van der Waals surface area (Å²) >= 11 is 0. The van der Waals surface area contributed by atoms with E-state index in [2.05, 4.69) is 75.4 Å². The number of fused-ring (bicyclic) bond motifs is 1. The molecule has 0 amide bonds. The van der Waals surface area contributed by atoms with E-state index >= 15 is 0 Å². The molecule has 0 atom stereocenters. The number of para-hydroxylation sites is 1. The van der Waals surface area contributed by atoms with Crippen molar-refractivity contribution in [3.63, 3.8) is 0 Å². The third-order valence-corrected chi connectivity index (χ3v) is 5.48. The van der Waals surface area contributed by atoms with Crippen LogP contribution < -0.4 is 10.6 Å². The minimum atomic E-state index is 0. The third-order valence-electron chi connectivity index (χ3n) is 5.48. The predicted molar refractivity (Wildman–Crippen MR) is 135 cm³/mol. The molecule has 7 heteroatoms. The zero-order valence-corrected chi connectivity index (χ0v) is 20.3. The average Bonchev–Trinajstić information content (AvgIpc) is 3.15. The molecule has 29 heavy (non-hydrogen) atoms. The van der Waals surface area contributed by atoms with Gasteiger partial charge in [-0.2, -0.15) is 0 Å². The van der Waals surface area contributed by atoms with Crippen molar-refractivity contribution in [1.29, 1.82) is 0 Å². The fraction of sp³-hybridized carbons (Fsp3) is 0.591. The first-order valence-electron chi connectivity index (χ1n) is 10.8. The normalized spacial score (nSPS) is 16.0. The molecule has 0 saturated carbocycles. The number of likely N-dealkylation sites (N-methyl/N-ethyl adjacent to an activating group) is 1. The van der Waals surface area contributed by atoms with E-state index in [0.717, 1.165) is 45.1 Å². The van der Waals surface area contributed by atoms with Crippen LogP contribution in [0.5, 0.6) is 0 Å². The van der Waals surface area contributed by atoms with Crippen molar-refractivity contribution in [2.24, 2.45) is 4.99 Å². The van der Waals surface area contributed by atoms with Crippen LogP contribution in [0.4, 0.5) is 0 Å². The van der Waals surface area contributed by atoms with Gasteiger partial charge in [-0.1, -0.05) is 25.1 Å². The highest BCUT2D eigenvalue weighted by Gasteiger charge is 2.14. The van der Waals surface area contributed by atoms with Gasteiger partial charge in [0, 0.05) is 70.6 Å². The van der Waals surface area contributed by atoms with Gasteiger partial charge in [-0.25, -0.2) is 0 Å². The van der Waals surface area contributed by atoms with E-state index in [1.54, 1.807) is 0 Å².